The molecule has 1 aliphatic rings. The van der Waals surface area contributed by atoms with Crippen molar-refractivity contribution >= 4 is 11.6 Å². The van der Waals surface area contributed by atoms with Gasteiger partial charge in [0.25, 0.3) is 5.91 Å². The van der Waals surface area contributed by atoms with E-state index in [1.165, 1.54) is 24.3 Å². The molecule has 0 bridgehead atoms. The summed E-state index contributed by atoms with van der Waals surface area (Å²) in [6, 6.07) is 5.58. The van der Waals surface area contributed by atoms with Crippen molar-refractivity contribution in [2.75, 3.05) is 31.1 Å². The molecule has 0 aromatic heterocycles. The SMILES string of the molecule is O=C(N1CCN(c2ccc(F)cc2)CC1)C(F)(F)C(F)F. The molecule has 0 radical (unpaired) electrons. The molecule has 1 aliphatic heterocycles. The molecule has 0 unspecified atom stereocenters. The maximum atomic E-state index is 13.0. The highest BCUT2D eigenvalue weighted by Crippen LogP contribution is 2.26. The Morgan fingerprint density at radius 3 is 2.05 bits per heavy atom. The zero-order valence-corrected chi connectivity index (χ0v) is 10.9. The maximum absolute atomic E-state index is 13.0. The first kappa shape index (κ1) is 15.5. The van der Waals surface area contributed by atoms with Gasteiger partial charge in [-0.1, -0.05) is 0 Å². The Balaban J connectivity index is 1.97. The molecule has 0 spiro atoms. The van der Waals surface area contributed by atoms with Crippen molar-refractivity contribution in [1.29, 1.82) is 0 Å². The van der Waals surface area contributed by atoms with Crippen molar-refractivity contribution in [1.82, 2.24) is 4.90 Å². The van der Waals surface area contributed by atoms with Gasteiger partial charge < -0.3 is 9.80 Å². The highest BCUT2D eigenvalue weighted by Gasteiger charge is 2.51. The van der Waals surface area contributed by atoms with Crippen molar-refractivity contribution < 1.29 is 26.7 Å². The number of carbonyl (C=O) groups is 1. The van der Waals surface area contributed by atoms with E-state index in [-0.39, 0.29) is 26.2 Å². The third kappa shape index (κ3) is 3.25. The molecular formula is C13H13F5N2O. The molecule has 8 heteroatoms. The molecule has 1 amide bonds. The topological polar surface area (TPSA) is 23.6 Å². The largest absolute Gasteiger partial charge is 0.383 e. The number of rotatable bonds is 3. The van der Waals surface area contributed by atoms with Crippen LogP contribution in [-0.4, -0.2) is 49.3 Å². The number of hydrogen-bond acceptors (Lipinski definition) is 2. The first-order chi connectivity index (χ1) is 9.82. The van der Waals surface area contributed by atoms with Crippen molar-refractivity contribution in [3.63, 3.8) is 0 Å². The van der Waals surface area contributed by atoms with Crippen LogP contribution < -0.4 is 4.90 Å². The van der Waals surface area contributed by atoms with E-state index in [9.17, 15) is 26.7 Å². The molecule has 1 aromatic rings. The number of hydrogen-bond donors (Lipinski definition) is 0. The standard InChI is InChI=1S/C13H13F5N2O/c14-9-1-3-10(4-2-9)19-5-7-20(8-6-19)12(21)13(17,18)11(15)16/h1-4,11H,5-8H2. The summed E-state index contributed by atoms with van der Waals surface area (Å²) < 4.78 is 63.1. The average molecular weight is 308 g/mol. The lowest BCUT2D eigenvalue weighted by atomic mass is 10.2. The third-order valence-corrected chi connectivity index (χ3v) is 3.32. The Labute approximate surface area is 117 Å². The first-order valence-corrected chi connectivity index (χ1v) is 6.28. The zero-order valence-electron chi connectivity index (χ0n) is 10.9. The summed E-state index contributed by atoms with van der Waals surface area (Å²) >= 11 is 0. The van der Waals surface area contributed by atoms with Gasteiger partial charge in [-0.05, 0) is 24.3 Å². The lowest BCUT2D eigenvalue weighted by Crippen LogP contribution is -2.55. The molecule has 1 heterocycles. The van der Waals surface area contributed by atoms with Crippen LogP contribution in [0.1, 0.15) is 0 Å². The van der Waals surface area contributed by atoms with Crippen molar-refractivity contribution in [3.05, 3.63) is 30.1 Å². The number of alkyl halides is 4. The molecule has 0 N–H and O–H groups in total. The monoisotopic (exact) mass is 308 g/mol. The van der Waals surface area contributed by atoms with Crippen molar-refractivity contribution in [2.45, 2.75) is 12.3 Å². The van der Waals surface area contributed by atoms with Gasteiger partial charge in [-0.15, -0.1) is 0 Å². The normalized spacial score (nSPS) is 16.5. The second kappa shape index (κ2) is 5.87. The predicted molar refractivity (Wildman–Crippen MR) is 66.1 cm³/mol. The van der Waals surface area contributed by atoms with Crippen LogP contribution in [-0.2, 0) is 4.79 Å². The Bertz CT molecular complexity index is 498. The van der Waals surface area contributed by atoms with E-state index in [2.05, 4.69) is 0 Å². The van der Waals surface area contributed by atoms with Crippen LogP contribution in [0.4, 0.5) is 27.6 Å². The molecular weight excluding hydrogens is 295 g/mol. The molecule has 2 rings (SSSR count). The number of amides is 1. The molecule has 0 saturated carbocycles. The van der Waals surface area contributed by atoms with Gasteiger partial charge in [0.15, 0.2) is 0 Å². The van der Waals surface area contributed by atoms with Gasteiger partial charge in [0.2, 0.25) is 0 Å². The minimum absolute atomic E-state index is 0.0848. The van der Waals surface area contributed by atoms with Crippen molar-refractivity contribution in [2.24, 2.45) is 0 Å². The van der Waals surface area contributed by atoms with Gasteiger partial charge in [0.1, 0.15) is 5.82 Å². The van der Waals surface area contributed by atoms with Crippen LogP contribution in [0.5, 0.6) is 0 Å². The van der Waals surface area contributed by atoms with Gasteiger partial charge >= 0.3 is 12.3 Å². The lowest BCUT2D eigenvalue weighted by Gasteiger charge is -2.37. The molecule has 1 saturated heterocycles. The Morgan fingerprint density at radius 2 is 1.57 bits per heavy atom. The summed E-state index contributed by atoms with van der Waals surface area (Å²) in [5.74, 6) is -6.90. The highest BCUT2D eigenvalue weighted by molar-refractivity contribution is 5.84. The smallest absolute Gasteiger partial charge is 0.368 e. The summed E-state index contributed by atoms with van der Waals surface area (Å²) in [5.41, 5.74) is 0.684. The van der Waals surface area contributed by atoms with E-state index in [1.54, 1.807) is 4.90 Å². The van der Waals surface area contributed by atoms with Crippen LogP contribution in [0.15, 0.2) is 24.3 Å². The summed E-state index contributed by atoms with van der Waals surface area (Å²) in [4.78, 5) is 13.9. The number of benzene rings is 1. The Kier molecular flexibility index (Phi) is 4.34. The number of carbonyl (C=O) groups excluding carboxylic acids is 1. The fraction of sp³-hybridized carbons (Fsp3) is 0.462. The second-order valence-corrected chi connectivity index (χ2v) is 4.68. The van der Waals surface area contributed by atoms with Crippen LogP contribution in [0, 0.1) is 5.82 Å². The highest BCUT2D eigenvalue weighted by atomic mass is 19.3. The number of halogens is 5. The number of anilines is 1. The lowest BCUT2D eigenvalue weighted by molar-refractivity contribution is -0.180. The van der Waals surface area contributed by atoms with Gasteiger partial charge in [-0.2, -0.15) is 8.78 Å². The van der Waals surface area contributed by atoms with Gasteiger partial charge in [-0.25, -0.2) is 13.2 Å². The van der Waals surface area contributed by atoms with Crippen LogP contribution in [0.25, 0.3) is 0 Å². The fourth-order valence-electron chi connectivity index (χ4n) is 2.12. The van der Waals surface area contributed by atoms with Gasteiger partial charge in [0.05, 0.1) is 0 Å². The second-order valence-electron chi connectivity index (χ2n) is 4.68. The minimum atomic E-state index is -4.65. The maximum Gasteiger partial charge on any atom is 0.383 e. The Hall–Kier alpha value is -1.86. The van der Waals surface area contributed by atoms with E-state index in [4.69, 9.17) is 0 Å². The first-order valence-electron chi connectivity index (χ1n) is 6.28. The molecule has 21 heavy (non-hydrogen) atoms. The van der Waals surface area contributed by atoms with E-state index >= 15 is 0 Å². The van der Waals surface area contributed by atoms with Crippen LogP contribution in [0.2, 0.25) is 0 Å². The quantitative estimate of drug-likeness (QED) is 0.801. The molecule has 1 fully saturated rings. The number of nitrogens with zero attached hydrogens (tertiary/aromatic N) is 2. The molecule has 116 valence electrons. The summed E-state index contributed by atoms with van der Waals surface area (Å²) in [6.45, 7) is 0.268. The number of piperazine rings is 1. The summed E-state index contributed by atoms with van der Waals surface area (Å²) in [7, 11) is 0. The zero-order chi connectivity index (χ0) is 15.6. The summed E-state index contributed by atoms with van der Waals surface area (Å²) in [5, 5.41) is 0. The van der Waals surface area contributed by atoms with E-state index in [0.29, 0.717) is 5.69 Å². The fourth-order valence-corrected chi connectivity index (χ4v) is 2.12. The van der Waals surface area contributed by atoms with E-state index in [0.717, 1.165) is 4.90 Å². The minimum Gasteiger partial charge on any atom is -0.368 e. The molecule has 0 aliphatic carbocycles. The average Bonchev–Trinajstić information content (AvgIpc) is 2.47. The molecule has 1 aromatic carbocycles. The van der Waals surface area contributed by atoms with Crippen LogP contribution in [0.3, 0.4) is 0 Å². The predicted octanol–water partition coefficient (Wildman–Crippen LogP) is 2.37. The van der Waals surface area contributed by atoms with Gasteiger partial charge in [0, 0.05) is 31.9 Å². The van der Waals surface area contributed by atoms with E-state index in [1.807, 2.05) is 0 Å². The Morgan fingerprint density at radius 1 is 1.05 bits per heavy atom. The van der Waals surface area contributed by atoms with Crippen LogP contribution >= 0.6 is 0 Å². The molecule has 0 atom stereocenters. The third-order valence-electron chi connectivity index (χ3n) is 3.32. The molecule has 3 nitrogen and oxygen atoms in total. The van der Waals surface area contributed by atoms with E-state index < -0.39 is 24.1 Å². The summed E-state index contributed by atoms with van der Waals surface area (Å²) in [6.07, 6.45) is -4.01. The van der Waals surface area contributed by atoms with Crippen molar-refractivity contribution in [3.8, 4) is 0 Å². The van der Waals surface area contributed by atoms with Gasteiger partial charge in [-0.3, -0.25) is 4.79 Å².